The molecule has 152 valence electrons. The normalized spacial score (nSPS) is 14.3. The summed E-state index contributed by atoms with van der Waals surface area (Å²) in [5, 5.41) is 3.66. The number of aryl methyl sites for hydroxylation is 3. The molecule has 0 unspecified atom stereocenters. The first-order valence-corrected chi connectivity index (χ1v) is 10.5. The number of fused-ring (bicyclic) bond motifs is 1. The number of rotatable bonds is 5. The van der Waals surface area contributed by atoms with E-state index in [2.05, 4.69) is 15.2 Å². The summed E-state index contributed by atoms with van der Waals surface area (Å²) in [6.45, 7) is 7.19. The Balaban J connectivity index is 1.46. The molecular formula is C21H24N4O3S. The molecule has 0 saturated carbocycles. The zero-order valence-electron chi connectivity index (χ0n) is 16.6. The fourth-order valence-electron chi connectivity index (χ4n) is 3.52. The fraction of sp³-hybridized carbons (Fsp3) is 0.381. The van der Waals surface area contributed by atoms with Crippen molar-refractivity contribution in [1.29, 1.82) is 0 Å². The second kappa shape index (κ2) is 8.34. The summed E-state index contributed by atoms with van der Waals surface area (Å²) in [5.41, 5.74) is 2.66. The molecule has 1 aliphatic heterocycles. The van der Waals surface area contributed by atoms with E-state index in [0.717, 1.165) is 39.7 Å². The first kappa shape index (κ1) is 19.6. The number of amides is 1. The van der Waals surface area contributed by atoms with Crippen LogP contribution >= 0.6 is 11.3 Å². The number of para-hydroxylation sites is 2. The Morgan fingerprint density at radius 1 is 1.24 bits per heavy atom. The smallest absolute Gasteiger partial charge is 0.262 e. The third kappa shape index (κ3) is 4.04. The average molecular weight is 413 g/mol. The van der Waals surface area contributed by atoms with Crippen LogP contribution in [-0.2, 0) is 16.1 Å². The van der Waals surface area contributed by atoms with E-state index < -0.39 is 0 Å². The Hall–Kier alpha value is -2.71. The van der Waals surface area contributed by atoms with E-state index in [1.807, 2.05) is 38.1 Å². The monoisotopic (exact) mass is 412 g/mol. The maximum atomic E-state index is 12.8. The minimum absolute atomic E-state index is 0.0848. The molecule has 1 amide bonds. The second-order valence-corrected chi connectivity index (χ2v) is 8.32. The van der Waals surface area contributed by atoms with Crippen LogP contribution in [-0.4, -0.2) is 41.8 Å². The highest BCUT2D eigenvalue weighted by Crippen LogP contribution is 2.27. The molecule has 1 aliphatic rings. The molecule has 7 nitrogen and oxygen atoms in total. The minimum atomic E-state index is -0.129. The number of aromatic nitrogens is 2. The molecule has 1 saturated heterocycles. The molecule has 0 bridgehead atoms. The van der Waals surface area contributed by atoms with Crippen molar-refractivity contribution >= 4 is 38.8 Å². The van der Waals surface area contributed by atoms with Gasteiger partial charge < -0.3 is 15.0 Å². The molecule has 29 heavy (non-hydrogen) atoms. The van der Waals surface area contributed by atoms with Gasteiger partial charge in [0.05, 0.1) is 36.3 Å². The van der Waals surface area contributed by atoms with Gasteiger partial charge in [-0.3, -0.25) is 14.2 Å². The molecule has 3 aromatic rings. The van der Waals surface area contributed by atoms with E-state index in [1.165, 1.54) is 22.2 Å². The lowest BCUT2D eigenvalue weighted by Gasteiger charge is -2.30. The van der Waals surface area contributed by atoms with Gasteiger partial charge in [0.2, 0.25) is 5.91 Å². The molecule has 4 rings (SSSR count). The highest BCUT2D eigenvalue weighted by molar-refractivity contribution is 7.18. The topological polar surface area (TPSA) is 76.5 Å². The van der Waals surface area contributed by atoms with Crippen LogP contribution in [0.4, 0.5) is 11.4 Å². The SMILES string of the molecule is Cc1sc2ncn(CCC(=O)Nc3ccccc3N3CCOCC3)c(=O)c2c1C. The summed E-state index contributed by atoms with van der Waals surface area (Å²) in [4.78, 5) is 33.8. The van der Waals surface area contributed by atoms with Crippen molar-refractivity contribution in [3.63, 3.8) is 0 Å². The molecular weight excluding hydrogens is 388 g/mol. The number of morpholine rings is 1. The van der Waals surface area contributed by atoms with E-state index >= 15 is 0 Å². The van der Waals surface area contributed by atoms with Crippen LogP contribution in [0.25, 0.3) is 10.2 Å². The maximum Gasteiger partial charge on any atom is 0.262 e. The third-order valence-electron chi connectivity index (χ3n) is 5.27. The number of carbonyl (C=O) groups excluding carboxylic acids is 1. The summed E-state index contributed by atoms with van der Waals surface area (Å²) in [5.74, 6) is -0.129. The van der Waals surface area contributed by atoms with Crippen molar-refractivity contribution < 1.29 is 9.53 Å². The predicted octanol–water partition coefficient (Wildman–Crippen LogP) is 2.94. The molecule has 1 N–H and O–H groups in total. The molecule has 2 aromatic heterocycles. The van der Waals surface area contributed by atoms with Crippen LogP contribution in [0.2, 0.25) is 0 Å². The zero-order chi connectivity index (χ0) is 20.4. The van der Waals surface area contributed by atoms with Crippen molar-refractivity contribution in [2.45, 2.75) is 26.8 Å². The molecule has 1 aromatic carbocycles. The van der Waals surface area contributed by atoms with Crippen LogP contribution in [0.1, 0.15) is 16.9 Å². The Morgan fingerprint density at radius 2 is 2.00 bits per heavy atom. The number of thiophene rings is 1. The number of benzene rings is 1. The number of hydrogen-bond acceptors (Lipinski definition) is 6. The van der Waals surface area contributed by atoms with Crippen LogP contribution in [0.3, 0.4) is 0 Å². The number of ether oxygens (including phenoxy) is 1. The largest absolute Gasteiger partial charge is 0.378 e. The standard InChI is InChI=1S/C21H24N4O3S/c1-14-15(2)29-20-19(14)21(27)25(13-22-20)8-7-18(26)23-16-5-3-4-6-17(16)24-9-11-28-12-10-24/h3-6,13H,7-12H2,1-2H3,(H,23,26). The number of hydrogen-bond donors (Lipinski definition) is 1. The molecule has 1 fully saturated rings. The third-order valence-corrected chi connectivity index (χ3v) is 6.38. The lowest BCUT2D eigenvalue weighted by molar-refractivity contribution is -0.116. The summed E-state index contributed by atoms with van der Waals surface area (Å²) < 4.78 is 6.94. The Bertz CT molecular complexity index is 1100. The van der Waals surface area contributed by atoms with Gasteiger partial charge in [0.25, 0.3) is 5.56 Å². The number of anilines is 2. The molecule has 3 heterocycles. The van der Waals surface area contributed by atoms with Crippen LogP contribution in [0.5, 0.6) is 0 Å². The summed E-state index contributed by atoms with van der Waals surface area (Å²) in [7, 11) is 0. The first-order valence-electron chi connectivity index (χ1n) is 9.71. The van der Waals surface area contributed by atoms with Crippen molar-refractivity contribution in [3.05, 3.63) is 51.4 Å². The van der Waals surface area contributed by atoms with Crippen LogP contribution in [0, 0.1) is 13.8 Å². The van der Waals surface area contributed by atoms with Crippen molar-refractivity contribution in [2.75, 3.05) is 36.5 Å². The van der Waals surface area contributed by atoms with Crippen LogP contribution in [0.15, 0.2) is 35.4 Å². The molecule has 0 aliphatic carbocycles. The molecule has 0 spiro atoms. The van der Waals surface area contributed by atoms with Gasteiger partial charge in [0.15, 0.2) is 0 Å². The van der Waals surface area contributed by atoms with Gasteiger partial charge in [-0.15, -0.1) is 11.3 Å². The second-order valence-electron chi connectivity index (χ2n) is 7.12. The van der Waals surface area contributed by atoms with E-state index in [-0.39, 0.29) is 17.9 Å². The average Bonchev–Trinajstić information content (AvgIpc) is 3.03. The van der Waals surface area contributed by atoms with E-state index in [1.54, 1.807) is 0 Å². The summed E-state index contributed by atoms with van der Waals surface area (Å²) >= 11 is 1.53. The van der Waals surface area contributed by atoms with Crippen molar-refractivity contribution in [2.24, 2.45) is 0 Å². The van der Waals surface area contributed by atoms with Gasteiger partial charge in [-0.25, -0.2) is 4.98 Å². The molecule has 8 heteroatoms. The van der Waals surface area contributed by atoms with Gasteiger partial charge in [-0.1, -0.05) is 12.1 Å². The van der Waals surface area contributed by atoms with Crippen molar-refractivity contribution in [3.8, 4) is 0 Å². The highest BCUT2D eigenvalue weighted by atomic mass is 32.1. The quantitative estimate of drug-likeness (QED) is 0.697. The van der Waals surface area contributed by atoms with Gasteiger partial charge in [0.1, 0.15) is 4.83 Å². The fourth-order valence-corrected chi connectivity index (χ4v) is 4.51. The Kier molecular flexibility index (Phi) is 5.64. The zero-order valence-corrected chi connectivity index (χ0v) is 17.4. The van der Waals surface area contributed by atoms with Gasteiger partial charge in [-0.2, -0.15) is 0 Å². The lowest BCUT2D eigenvalue weighted by Crippen LogP contribution is -2.36. The Morgan fingerprint density at radius 3 is 2.79 bits per heavy atom. The molecule has 0 atom stereocenters. The maximum absolute atomic E-state index is 12.8. The van der Waals surface area contributed by atoms with Gasteiger partial charge in [-0.05, 0) is 31.5 Å². The Labute approximate surface area is 172 Å². The van der Waals surface area contributed by atoms with Gasteiger partial charge in [0, 0.05) is 30.9 Å². The number of carbonyl (C=O) groups is 1. The van der Waals surface area contributed by atoms with Crippen LogP contribution < -0.4 is 15.8 Å². The minimum Gasteiger partial charge on any atom is -0.378 e. The first-order chi connectivity index (χ1) is 14.0. The highest BCUT2D eigenvalue weighted by Gasteiger charge is 2.16. The number of nitrogens with one attached hydrogen (secondary N) is 1. The van der Waals surface area contributed by atoms with Crippen molar-refractivity contribution in [1.82, 2.24) is 9.55 Å². The summed E-state index contributed by atoms with van der Waals surface area (Å²) in [6, 6.07) is 7.78. The summed E-state index contributed by atoms with van der Waals surface area (Å²) in [6.07, 6.45) is 1.74. The van der Waals surface area contributed by atoms with Gasteiger partial charge >= 0.3 is 0 Å². The van der Waals surface area contributed by atoms with E-state index in [0.29, 0.717) is 25.1 Å². The number of nitrogens with zero attached hydrogens (tertiary/aromatic N) is 3. The van der Waals surface area contributed by atoms with E-state index in [9.17, 15) is 9.59 Å². The molecule has 0 radical (unpaired) electrons. The van der Waals surface area contributed by atoms with E-state index in [4.69, 9.17) is 4.74 Å². The predicted molar refractivity (Wildman–Crippen MR) is 116 cm³/mol. The lowest BCUT2D eigenvalue weighted by atomic mass is 10.2.